The quantitative estimate of drug-likeness (QED) is 0.762. The first kappa shape index (κ1) is 11.3. The van der Waals surface area contributed by atoms with Crippen LogP contribution >= 0.6 is 0 Å². The lowest BCUT2D eigenvalue weighted by Gasteiger charge is -2.10. The van der Waals surface area contributed by atoms with Crippen LogP contribution in [0, 0.1) is 5.92 Å². The number of hydrogen-bond donors (Lipinski definition) is 1. The van der Waals surface area contributed by atoms with Crippen molar-refractivity contribution in [3.05, 3.63) is 24.0 Å². The molecule has 1 aromatic rings. The molecule has 0 aliphatic rings. The Morgan fingerprint density at radius 2 is 2.07 bits per heavy atom. The van der Waals surface area contributed by atoms with E-state index in [0.717, 1.165) is 13.1 Å². The van der Waals surface area contributed by atoms with Gasteiger partial charge in [-0.2, -0.15) is 0 Å². The summed E-state index contributed by atoms with van der Waals surface area (Å²) in [7, 11) is 0. The molecule has 0 spiro atoms. The summed E-state index contributed by atoms with van der Waals surface area (Å²) in [6.45, 7) is 11.0. The van der Waals surface area contributed by atoms with Crippen LogP contribution in [0.5, 0.6) is 0 Å². The van der Waals surface area contributed by atoms with Crippen molar-refractivity contribution in [1.82, 2.24) is 9.88 Å². The van der Waals surface area contributed by atoms with Gasteiger partial charge in [0.2, 0.25) is 0 Å². The maximum Gasteiger partial charge on any atom is 0.0306 e. The van der Waals surface area contributed by atoms with E-state index in [1.807, 2.05) is 0 Å². The Balaban J connectivity index is 2.58. The zero-order valence-electron chi connectivity index (χ0n) is 9.75. The van der Waals surface area contributed by atoms with Crippen molar-refractivity contribution in [1.29, 1.82) is 0 Å². The van der Waals surface area contributed by atoms with Crippen LogP contribution in [0.3, 0.4) is 0 Å². The van der Waals surface area contributed by atoms with Gasteiger partial charge >= 0.3 is 0 Å². The molecule has 1 N–H and O–H groups in total. The van der Waals surface area contributed by atoms with Gasteiger partial charge in [0.15, 0.2) is 0 Å². The second-order valence-electron chi connectivity index (χ2n) is 4.31. The molecule has 0 amide bonds. The molecule has 2 nitrogen and oxygen atoms in total. The summed E-state index contributed by atoms with van der Waals surface area (Å²) < 4.78 is 2.27. The Hall–Kier alpha value is -0.760. The third-order valence-electron chi connectivity index (χ3n) is 2.36. The van der Waals surface area contributed by atoms with Crippen LogP contribution in [0.15, 0.2) is 18.5 Å². The van der Waals surface area contributed by atoms with Crippen molar-refractivity contribution in [3.8, 4) is 0 Å². The summed E-state index contributed by atoms with van der Waals surface area (Å²) in [5, 5.41) is 3.42. The van der Waals surface area contributed by atoms with Gasteiger partial charge in [-0.25, -0.2) is 0 Å². The third kappa shape index (κ3) is 3.18. The number of nitrogens with zero attached hydrogens (tertiary/aromatic N) is 1. The summed E-state index contributed by atoms with van der Waals surface area (Å²) in [4.78, 5) is 0. The van der Waals surface area contributed by atoms with Crippen molar-refractivity contribution in [2.24, 2.45) is 5.92 Å². The average Bonchev–Trinajstić information content (AvgIpc) is 2.52. The van der Waals surface area contributed by atoms with Gasteiger partial charge in [-0.05, 0) is 31.0 Å². The van der Waals surface area contributed by atoms with Gasteiger partial charge in [-0.1, -0.05) is 20.8 Å². The maximum atomic E-state index is 3.42. The molecule has 0 saturated heterocycles. The Labute approximate surface area is 87.3 Å². The summed E-state index contributed by atoms with van der Waals surface area (Å²) >= 11 is 0. The summed E-state index contributed by atoms with van der Waals surface area (Å²) in [6, 6.07) is 2.67. The molecular formula is C12H22N2. The Kier molecular flexibility index (Phi) is 4.21. The normalized spacial score (nSPS) is 13.5. The van der Waals surface area contributed by atoms with E-state index in [1.54, 1.807) is 0 Å². The largest absolute Gasteiger partial charge is 0.354 e. The highest BCUT2D eigenvalue weighted by atomic mass is 15.0. The van der Waals surface area contributed by atoms with Crippen LogP contribution in [0.1, 0.15) is 39.3 Å². The van der Waals surface area contributed by atoms with E-state index < -0.39 is 0 Å². The minimum absolute atomic E-state index is 0.466. The Morgan fingerprint density at radius 1 is 1.36 bits per heavy atom. The van der Waals surface area contributed by atoms with Crippen LogP contribution in [-0.4, -0.2) is 11.1 Å². The fourth-order valence-electron chi connectivity index (χ4n) is 1.67. The van der Waals surface area contributed by atoms with Gasteiger partial charge in [0, 0.05) is 25.0 Å². The predicted octanol–water partition coefficient (Wildman–Crippen LogP) is 2.81. The first-order chi connectivity index (χ1) is 6.63. The fourth-order valence-corrected chi connectivity index (χ4v) is 1.67. The predicted molar refractivity (Wildman–Crippen MR) is 61.4 cm³/mol. The van der Waals surface area contributed by atoms with Crippen LogP contribution in [0.25, 0.3) is 0 Å². The molecule has 0 radical (unpaired) electrons. The smallest absolute Gasteiger partial charge is 0.0306 e. The highest BCUT2D eigenvalue weighted by molar-refractivity contribution is 5.14. The number of hydrogen-bond acceptors (Lipinski definition) is 1. The van der Waals surface area contributed by atoms with Gasteiger partial charge in [-0.3, -0.25) is 0 Å². The number of aromatic nitrogens is 1. The molecule has 0 aliphatic carbocycles. The van der Waals surface area contributed by atoms with E-state index in [-0.39, 0.29) is 0 Å². The summed E-state index contributed by atoms with van der Waals surface area (Å²) in [5.74, 6) is 0.713. The van der Waals surface area contributed by atoms with Crippen LogP contribution in [0.2, 0.25) is 0 Å². The molecule has 0 aliphatic heterocycles. The van der Waals surface area contributed by atoms with E-state index in [0.29, 0.717) is 12.0 Å². The second kappa shape index (κ2) is 5.20. The van der Waals surface area contributed by atoms with Gasteiger partial charge in [0.1, 0.15) is 0 Å². The lowest BCUT2D eigenvalue weighted by molar-refractivity contribution is 0.521. The van der Waals surface area contributed by atoms with Crippen molar-refractivity contribution in [2.45, 2.75) is 40.3 Å². The van der Waals surface area contributed by atoms with Gasteiger partial charge in [-0.15, -0.1) is 0 Å². The van der Waals surface area contributed by atoms with Crippen molar-refractivity contribution >= 4 is 0 Å². The van der Waals surface area contributed by atoms with Gasteiger partial charge in [0.25, 0.3) is 0 Å². The van der Waals surface area contributed by atoms with Crippen molar-refractivity contribution in [2.75, 3.05) is 6.54 Å². The zero-order valence-corrected chi connectivity index (χ0v) is 9.75. The van der Waals surface area contributed by atoms with E-state index >= 15 is 0 Å². The molecule has 1 atom stereocenters. The topological polar surface area (TPSA) is 17.0 Å². The third-order valence-corrected chi connectivity index (χ3v) is 2.36. The van der Waals surface area contributed by atoms with Crippen molar-refractivity contribution in [3.63, 3.8) is 0 Å². The monoisotopic (exact) mass is 194 g/mol. The lowest BCUT2D eigenvalue weighted by Crippen LogP contribution is -2.17. The molecule has 14 heavy (non-hydrogen) atoms. The van der Waals surface area contributed by atoms with E-state index in [4.69, 9.17) is 0 Å². The molecule has 2 heteroatoms. The molecule has 0 aromatic carbocycles. The van der Waals surface area contributed by atoms with Gasteiger partial charge in [0.05, 0.1) is 0 Å². The molecule has 0 bridgehead atoms. The van der Waals surface area contributed by atoms with Crippen molar-refractivity contribution < 1.29 is 0 Å². The fraction of sp³-hybridized carbons (Fsp3) is 0.667. The number of nitrogens with one attached hydrogen (secondary N) is 1. The van der Waals surface area contributed by atoms with Crippen LogP contribution < -0.4 is 5.32 Å². The minimum Gasteiger partial charge on any atom is -0.354 e. The van der Waals surface area contributed by atoms with E-state index in [2.05, 4.69) is 56.0 Å². The SMILES string of the molecule is CCNC(C)c1ccn(CC(C)C)c1. The molecule has 80 valence electrons. The Bertz CT molecular complexity index is 263. The lowest BCUT2D eigenvalue weighted by atomic mass is 10.2. The maximum absolute atomic E-state index is 3.42. The van der Waals surface area contributed by atoms with E-state index in [9.17, 15) is 0 Å². The summed E-state index contributed by atoms with van der Waals surface area (Å²) in [6.07, 6.45) is 4.41. The van der Waals surface area contributed by atoms with E-state index in [1.165, 1.54) is 5.56 Å². The Morgan fingerprint density at radius 3 is 2.64 bits per heavy atom. The number of rotatable bonds is 5. The van der Waals surface area contributed by atoms with Gasteiger partial charge < -0.3 is 9.88 Å². The molecule has 0 fully saturated rings. The molecule has 1 unspecified atom stereocenters. The zero-order chi connectivity index (χ0) is 10.6. The molecule has 0 saturated carbocycles. The first-order valence-corrected chi connectivity index (χ1v) is 5.52. The highest BCUT2D eigenvalue weighted by Crippen LogP contribution is 2.13. The first-order valence-electron chi connectivity index (χ1n) is 5.52. The second-order valence-corrected chi connectivity index (χ2v) is 4.31. The minimum atomic E-state index is 0.466. The van der Waals surface area contributed by atoms with Crippen LogP contribution in [0.4, 0.5) is 0 Å². The molecule has 1 aromatic heterocycles. The molecule has 1 rings (SSSR count). The van der Waals surface area contributed by atoms with Crippen LogP contribution in [-0.2, 0) is 6.54 Å². The summed E-state index contributed by atoms with van der Waals surface area (Å²) in [5.41, 5.74) is 1.38. The molecular weight excluding hydrogens is 172 g/mol. The average molecular weight is 194 g/mol. The molecule has 1 heterocycles. The standard InChI is InChI=1S/C12H22N2/c1-5-13-11(4)12-6-7-14(9-12)8-10(2)3/h6-7,9-11,13H,5,8H2,1-4H3. The highest BCUT2D eigenvalue weighted by Gasteiger charge is 2.05.